The molecule has 4 heterocycles. The lowest BCUT2D eigenvalue weighted by Crippen LogP contribution is -2.57. The molecule has 2 atom stereocenters. The summed E-state index contributed by atoms with van der Waals surface area (Å²) in [6.45, 7) is 2.24. The molecule has 0 fully saturated rings. The Balaban J connectivity index is 1.27. The lowest BCUT2D eigenvalue weighted by Gasteiger charge is -2.34. The van der Waals surface area contributed by atoms with Crippen LogP contribution in [0.25, 0.3) is 27.5 Å². The van der Waals surface area contributed by atoms with E-state index in [-0.39, 0.29) is 12.8 Å². The van der Waals surface area contributed by atoms with E-state index in [0.717, 1.165) is 56.1 Å². The number of rotatable bonds is 2. The van der Waals surface area contributed by atoms with E-state index in [0.29, 0.717) is 5.92 Å². The van der Waals surface area contributed by atoms with E-state index >= 15 is 0 Å². The van der Waals surface area contributed by atoms with E-state index in [2.05, 4.69) is 115 Å². The lowest BCUT2D eigenvalue weighted by molar-refractivity contribution is 0.463. The van der Waals surface area contributed by atoms with Gasteiger partial charge in [0.15, 0.2) is 0 Å². The van der Waals surface area contributed by atoms with Crippen molar-refractivity contribution >= 4 is 51.1 Å². The molecule has 0 spiro atoms. The molecule has 0 N–H and O–H groups in total. The maximum absolute atomic E-state index is 6.73. The van der Waals surface area contributed by atoms with E-state index < -0.39 is 0 Å². The first-order valence-corrected chi connectivity index (χ1v) is 14.2. The van der Waals surface area contributed by atoms with Gasteiger partial charge in [-0.1, -0.05) is 79.7 Å². The van der Waals surface area contributed by atoms with Crippen LogP contribution in [0.5, 0.6) is 23.0 Å². The van der Waals surface area contributed by atoms with Crippen molar-refractivity contribution in [1.82, 2.24) is 4.57 Å². The molecular weight excluding hydrogens is 503 g/mol. The Labute approximate surface area is 238 Å². The predicted octanol–water partition coefficient (Wildman–Crippen LogP) is 6.83. The highest BCUT2D eigenvalue weighted by atomic mass is 16.5. The number of allylic oxidation sites excluding steroid dienone is 1. The monoisotopic (exact) mass is 528 g/mol. The molecule has 0 radical (unpaired) electrons. The first-order valence-electron chi connectivity index (χ1n) is 14.2. The fourth-order valence-electron chi connectivity index (χ4n) is 6.97. The summed E-state index contributed by atoms with van der Waals surface area (Å²) in [6.07, 6.45) is 6.17. The summed E-state index contributed by atoms with van der Waals surface area (Å²) < 4.78 is 15.7. The van der Waals surface area contributed by atoms with Crippen molar-refractivity contribution in [3.63, 3.8) is 0 Å². The molecule has 3 aliphatic heterocycles. The summed E-state index contributed by atoms with van der Waals surface area (Å²) in [4.78, 5) is 4.81. The van der Waals surface area contributed by atoms with Gasteiger partial charge in [0.25, 0.3) is 6.71 Å². The maximum Gasteiger partial charge on any atom is 0.260 e. The zero-order valence-electron chi connectivity index (χ0n) is 22.5. The second-order valence-electron chi connectivity index (χ2n) is 11.2. The van der Waals surface area contributed by atoms with Crippen LogP contribution in [0.2, 0.25) is 0 Å². The van der Waals surface area contributed by atoms with Crippen LogP contribution in [0.3, 0.4) is 0 Å². The van der Waals surface area contributed by atoms with E-state index in [1.165, 1.54) is 16.3 Å². The number of ether oxygens (including phenoxy) is 2. The van der Waals surface area contributed by atoms with E-state index in [1.54, 1.807) is 0 Å². The summed E-state index contributed by atoms with van der Waals surface area (Å²) in [5, 5.41) is 2.46. The van der Waals surface area contributed by atoms with Crippen LogP contribution in [0.15, 0.2) is 120 Å². The highest BCUT2D eigenvalue weighted by molar-refractivity contribution is 6.98. The summed E-state index contributed by atoms with van der Waals surface area (Å²) in [5.41, 5.74) is 7.94. The fourth-order valence-corrected chi connectivity index (χ4v) is 6.97. The van der Waals surface area contributed by atoms with Crippen LogP contribution >= 0.6 is 0 Å². The minimum atomic E-state index is 0.0132. The van der Waals surface area contributed by atoms with Gasteiger partial charge in [-0.15, -0.1) is 0 Å². The summed E-state index contributed by atoms with van der Waals surface area (Å²) in [7, 11) is 0. The minimum absolute atomic E-state index is 0.0132. The predicted molar refractivity (Wildman–Crippen MR) is 168 cm³/mol. The third-order valence-corrected chi connectivity index (χ3v) is 8.82. The number of benzene rings is 5. The fraction of sp³-hybridized carbons (Fsp3) is 0.0833. The minimum Gasteiger partial charge on any atom is -0.458 e. The van der Waals surface area contributed by atoms with Crippen LogP contribution in [-0.4, -0.2) is 17.5 Å². The summed E-state index contributed by atoms with van der Waals surface area (Å²) >= 11 is 0. The van der Waals surface area contributed by atoms with Crippen LogP contribution in [-0.2, 0) is 0 Å². The average Bonchev–Trinajstić information content (AvgIpc) is 3.35. The van der Waals surface area contributed by atoms with E-state index in [1.807, 2.05) is 18.4 Å². The van der Waals surface area contributed by atoms with Crippen molar-refractivity contribution in [1.29, 1.82) is 0 Å². The van der Waals surface area contributed by atoms with Gasteiger partial charge in [0.05, 0.1) is 22.8 Å². The van der Waals surface area contributed by atoms with Gasteiger partial charge >= 0.3 is 0 Å². The first-order chi connectivity index (χ1) is 20.2. The van der Waals surface area contributed by atoms with Gasteiger partial charge in [0.2, 0.25) is 0 Å². The molecule has 0 aliphatic carbocycles. The highest BCUT2D eigenvalue weighted by Crippen LogP contribution is 2.40. The zero-order chi connectivity index (χ0) is 27.1. The molecule has 2 unspecified atom stereocenters. The van der Waals surface area contributed by atoms with Gasteiger partial charge in [-0.25, -0.2) is 0 Å². The topological polar surface area (TPSA) is 35.8 Å². The molecule has 4 nitrogen and oxygen atoms in total. The second kappa shape index (κ2) is 8.49. The SMILES string of the molecule is CC1C=CC=NC1c1ccc2c(c1)B1c3ccccc3Oc3cc(-n4c5ccccc5c5ccccc54)cc(c31)O2. The largest absolute Gasteiger partial charge is 0.458 e. The molecule has 1 aromatic heterocycles. The van der Waals surface area contributed by atoms with Gasteiger partial charge < -0.3 is 14.0 Å². The van der Waals surface area contributed by atoms with Crippen molar-refractivity contribution in [2.75, 3.05) is 0 Å². The molecular formula is C36H25BN2O2. The number of hydrogen-bond acceptors (Lipinski definition) is 3. The van der Waals surface area contributed by atoms with Crippen LogP contribution in [0.1, 0.15) is 18.5 Å². The maximum atomic E-state index is 6.73. The van der Waals surface area contributed by atoms with Gasteiger partial charge in [0.1, 0.15) is 23.0 Å². The standard InChI is InChI=1S/C36H25BN2O2/c1-22-9-8-18-38-36(22)23-16-17-32-28(19-23)37-27-12-4-7-15-31(27)40-33-20-24(21-34(41-32)35(33)37)39-29-13-5-2-10-25(29)26-11-3-6-14-30(26)39/h2-22,36H,1H3. The molecule has 0 saturated heterocycles. The Morgan fingerprint density at radius 1 is 0.683 bits per heavy atom. The van der Waals surface area contributed by atoms with Crippen LogP contribution in [0.4, 0.5) is 0 Å². The summed E-state index contributed by atoms with van der Waals surface area (Å²) in [6, 6.07) is 36.6. The zero-order valence-corrected chi connectivity index (χ0v) is 22.5. The average molecular weight is 528 g/mol. The molecule has 6 aromatic rings. The number of nitrogens with zero attached hydrogens (tertiary/aromatic N) is 2. The summed E-state index contributed by atoms with van der Waals surface area (Å²) in [5.74, 6) is 3.79. The number of fused-ring (bicyclic) bond motifs is 7. The van der Waals surface area contributed by atoms with Crippen LogP contribution < -0.4 is 25.9 Å². The smallest absolute Gasteiger partial charge is 0.260 e. The molecule has 5 aromatic carbocycles. The van der Waals surface area contributed by atoms with Crippen molar-refractivity contribution in [2.45, 2.75) is 13.0 Å². The molecule has 0 amide bonds. The highest BCUT2D eigenvalue weighted by Gasteiger charge is 2.41. The molecule has 3 aliphatic rings. The third kappa shape index (κ3) is 3.26. The Morgan fingerprint density at radius 3 is 2.07 bits per heavy atom. The van der Waals surface area contributed by atoms with Crippen molar-refractivity contribution in [3.8, 4) is 28.7 Å². The molecule has 5 heteroatoms. The quantitative estimate of drug-likeness (QED) is 0.231. The molecule has 9 rings (SSSR count). The second-order valence-corrected chi connectivity index (χ2v) is 11.2. The van der Waals surface area contributed by atoms with Gasteiger partial charge in [-0.3, -0.25) is 4.99 Å². The van der Waals surface area contributed by atoms with Crippen molar-refractivity contribution in [3.05, 3.63) is 121 Å². The van der Waals surface area contributed by atoms with Gasteiger partial charge in [-0.2, -0.15) is 0 Å². The number of aromatic nitrogens is 1. The van der Waals surface area contributed by atoms with Gasteiger partial charge in [0, 0.05) is 40.5 Å². The Kier molecular flexibility index (Phi) is 4.71. The Bertz CT molecular complexity index is 2040. The normalized spacial score (nSPS) is 18.0. The van der Waals surface area contributed by atoms with Crippen LogP contribution in [0, 0.1) is 5.92 Å². The van der Waals surface area contributed by atoms with E-state index in [9.17, 15) is 0 Å². The first kappa shape index (κ1) is 22.8. The molecule has 41 heavy (non-hydrogen) atoms. The Morgan fingerprint density at radius 2 is 1.34 bits per heavy atom. The Hall–Kier alpha value is -5.03. The lowest BCUT2D eigenvalue weighted by atomic mass is 9.34. The molecule has 0 bridgehead atoms. The number of para-hydroxylation sites is 3. The van der Waals surface area contributed by atoms with Crippen molar-refractivity contribution in [2.24, 2.45) is 10.9 Å². The molecule has 0 saturated carbocycles. The number of dihydropyridines is 1. The van der Waals surface area contributed by atoms with E-state index in [4.69, 9.17) is 14.5 Å². The van der Waals surface area contributed by atoms with Crippen molar-refractivity contribution < 1.29 is 9.47 Å². The third-order valence-electron chi connectivity index (χ3n) is 8.82. The number of hydrogen-bond donors (Lipinski definition) is 0. The number of aliphatic imine (C=N–C) groups is 1. The molecule has 194 valence electrons. The van der Waals surface area contributed by atoms with Gasteiger partial charge in [-0.05, 0) is 46.8 Å².